The second-order valence-electron chi connectivity index (χ2n) is 11.7. The van der Waals surface area contributed by atoms with E-state index < -0.39 is 5.54 Å². The van der Waals surface area contributed by atoms with E-state index in [-0.39, 0.29) is 40.3 Å². The molecular weight excluding hydrogens is 449 g/mol. The van der Waals surface area contributed by atoms with Gasteiger partial charge in [-0.25, -0.2) is 9.37 Å². The summed E-state index contributed by atoms with van der Waals surface area (Å²) in [5.74, 6) is 0.209. The van der Waals surface area contributed by atoms with Gasteiger partial charge in [0.05, 0.1) is 5.01 Å². The molecule has 1 saturated carbocycles. The van der Waals surface area contributed by atoms with E-state index >= 15 is 0 Å². The first-order chi connectivity index (χ1) is 15.8. The van der Waals surface area contributed by atoms with Gasteiger partial charge in [0.25, 0.3) is 5.91 Å². The third kappa shape index (κ3) is 4.77. The molecule has 0 atom stereocenters. The van der Waals surface area contributed by atoms with Gasteiger partial charge in [-0.1, -0.05) is 39.8 Å². The van der Waals surface area contributed by atoms with Crippen molar-refractivity contribution < 1.29 is 14.0 Å². The highest BCUT2D eigenvalue weighted by molar-refractivity contribution is 7.09. The minimum Gasteiger partial charge on any atom is -0.345 e. The Kier molecular flexibility index (Phi) is 6.38. The number of aromatic nitrogens is 1. The zero-order valence-electron chi connectivity index (χ0n) is 21.1. The standard InChI is InChI=1S/C27H36FN3O2S/c1-25(2,15-17-7-9-19(28)10-8-17)30-22(32)20-16-34-23(29-20)18-11-13-31(14-12-18)24(33)21-26(3,4)27(21,5)6/h7-10,16,18,21H,11-15H2,1-6H3,(H,30,32). The molecule has 34 heavy (non-hydrogen) atoms. The molecule has 0 unspecified atom stereocenters. The summed E-state index contributed by atoms with van der Waals surface area (Å²) in [4.78, 5) is 32.6. The molecule has 184 valence electrons. The van der Waals surface area contributed by atoms with Crippen LogP contribution in [-0.4, -0.2) is 40.3 Å². The van der Waals surface area contributed by atoms with Crippen molar-refractivity contribution in [2.45, 2.75) is 72.3 Å². The van der Waals surface area contributed by atoms with Crippen LogP contribution >= 0.6 is 11.3 Å². The van der Waals surface area contributed by atoms with Crippen molar-refractivity contribution in [2.75, 3.05) is 13.1 Å². The maximum atomic E-state index is 13.2. The van der Waals surface area contributed by atoms with Gasteiger partial charge in [0, 0.05) is 35.8 Å². The molecule has 1 saturated heterocycles. The molecule has 7 heteroatoms. The van der Waals surface area contributed by atoms with E-state index in [9.17, 15) is 14.0 Å². The van der Waals surface area contributed by atoms with Gasteiger partial charge in [-0.15, -0.1) is 11.3 Å². The van der Waals surface area contributed by atoms with Gasteiger partial charge in [-0.3, -0.25) is 9.59 Å². The number of rotatable bonds is 6. The van der Waals surface area contributed by atoms with E-state index in [1.165, 1.54) is 23.5 Å². The normalized spacial score (nSPS) is 20.3. The van der Waals surface area contributed by atoms with Gasteiger partial charge in [-0.2, -0.15) is 0 Å². The summed E-state index contributed by atoms with van der Waals surface area (Å²) in [5.41, 5.74) is 1.03. The minimum atomic E-state index is -0.491. The van der Waals surface area contributed by atoms with E-state index in [1.807, 2.05) is 24.1 Å². The van der Waals surface area contributed by atoms with Crippen LogP contribution in [0, 0.1) is 22.6 Å². The van der Waals surface area contributed by atoms with Crippen LogP contribution in [0.25, 0.3) is 0 Å². The van der Waals surface area contributed by atoms with Crippen molar-refractivity contribution in [3.63, 3.8) is 0 Å². The summed E-state index contributed by atoms with van der Waals surface area (Å²) in [6.07, 6.45) is 2.35. The third-order valence-corrected chi connectivity index (χ3v) is 9.20. The van der Waals surface area contributed by atoms with E-state index in [1.54, 1.807) is 12.1 Å². The molecule has 2 aliphatic rings. The summed E-state index contributed by atoms with van der Waals surface area (Å²) in [5, 5.41) is 5.86. The number of carbonyl (C=O) groups excluding carboxylic acids is 2. The smallest absolute Gasteiger partial charge is 0.271 e. The first-order valence-electron chi connectivity index (χ1n) is 12.1. The second kappa shape index (κ2) is 8.74. The lowest BCUT2D eigenvalue weighted by Crippen LogP contribution is -2.45. The largest absolute Gasteiger partial charge is 0.345 e. The molecule has 2 fully saturated rings. The Morgan fingerprint density at radius 1 is 1.12 bits per heavy atom. The average molecular weight is 486 g/mol. The highest BCUT2D eigenvalue weighted by Gasteiger charge is 2.68. The fraction of sp³-hybridized carbons (Fsp3) is 0.593. The summed E-state index contributed by atoms with van der Waals surface area (Å²) in [6, 6.07) is 6.36. The van der Waals surface area contributed by atoms with Crippen molar-refractivity contribution in [1.29, 1.82) is 0 Å². The number of hydrogen-bond acceptors (Lipinski definition) is 4. The first kappa shape index (κ1) is 24.8. The van der Waals surface area contributed by atoms with Crippen molar-refractivity contribution in [3.05, 3.63) is 51.7 Å². The Morgan fingerprint density at radius 3 is 2.26 bits per heavy atom. The van der Waals surface area contributed by atoms with Gasteiger partial charge in [0.1, 0.15) is 11.5 Å². The molecule has 0 radical (unpaired) electrons. The van der Waals surface area contributed by atoms with E-state index in [0.717, 1.165) is 36.5 Å². The molecule has 1 aromatic heterocycles. The lowest BCUT2D eigenvalue weighted by molar-refractivity contribution is -0.134. The van der Waals surface area contributed by atoms with Crippen LogP contribution < -0.4 is 5.32 Å². The molecule has 2 amide bonds. The van der Waals surface area contributed by atoms with Crippen LogP contribution in [-0.2, 0) is 11.2 Å². The molecule has 4 rings (SSSR count). The van der Waals surface area contributed by atoms with Crippen molar-refractivity contribution >= 4 is 23.2 Å². The Hall–Kier alpha value is -2.28. The van der Waals surface area contributed by atoms with Crippen molar-refractivity contribution in [3.8, 4) is 0 Å². The monoisotopic (exact) mass is 485 g/mol. The number of carbonyl (C=O) groups is 2. The zero-order chi connectivity index (χ0) is 24.9. The van der Waals surface area contributed by atoms with E-state index in [2.05, 4.69) is 38.0 Å². The summed E-state index contributed by atoms with van der Waals surface area (Å²) >= 11 is 1.53. The Bertz CT molecular complexity index is 1050. The van der Waals surface area contributed by atoms with Gasteiger partial charge >= 0.3 is 0 Å². The number of amides is 2. The molecule has 0 bridgehead atoms. The fourth-order valence-corrected chi connectivity index (χ4v) is 6.42. The number of benzene rings is 1. The van der Waals surface area contributed by atoms with Gasteiger partial charge in [-0.05, 0) is 61.6 Å². The number of nitrogens with zero attached hydrogens (tertiary/aromatic N) is 2. The van der Waals surface area contributed by atoms with E-state index in [4.69, 9.17) is 0 Å². The lowest BCUT2D eigenvalue weighted by Gasteiger charge is -2.32. The fourth-order valence-electron chi connectivity index (χ4n) is 5.45. The van der Waals surface area contributed by atoms with Crippen LogP contribution in [0.1, 0.15) is 81.4 Å². The molecular formula is C27H36FN3O2S. The maximum Gasteiger partial charge on any atom is 0.271 e. The van der Waals surface area contributed by atoms with Crippen LogP contribution in [0.5, 0.6) is 0 Å². The van der Waals surface area contributed by atoms with Crippen molar-refractivity contribution in [2.24, 2.45) is 16.7 Å². The molecule has 5 nitrogen and oxygen atoms in total. The third-order valence-electron chi connectivity index (χ3n) is 8.19. The van der Waals surface area contributed by atoms with Crippen LogP contribution in [0.3, 0.4) is 0 Å². The number of halogens is 1. The quantitative estimate of drug-likeness (QED) is 0.594. The highest BCUT2D eigenvalue weighted by Crippen LogP contribution is 2.68. The van der Waals surface area contributed by atoms with Gasteiger partial charge in [0.2, 0.25) is 5.91 Å². The number of hydrogen-bond donors (Lipinski definition) is 1. The number of likely N-dealkylation sites (tertiary alicyclic amines) is 1. The van der Waals surface area contributed by atoms with Crippen LogP contribution in [0.15, 0.2) is 29.6 Å². The predicted octanol–water partition coefficient (Wildman–Crippen LogP) is 5.42. The molecule has 0 spiro atoms. The molecule has 1 aliphatic heterocycles. The lowest BCUT2D eigenvalue weighted by atomic mass is 9.94. The van der Waals surface area contributed by atoms with E-state index in [0.29, 0.717) is 12.1 Å². The maximum absolute atomic E-state index is 13.2. The topological polar surface area (TPSA) is 62.3 Å². The zero-order valence-corrected chi connectivity index (χ0v) is 21.9. The molecule has 1 aliphatic carbocycles. The molecule has 1 N–H and O–H groups in total. The SMILES string of the molecule is CC(C)(Cc1ccc(F)cc1)NC(=O)c1csc(C2CCN(C(=O)C3C(C)(C)C3(C)C)CC2)n1. The Labute approximate surface area is 206 Å². The highest BCUT2D eigenvalue weighted by atomic mass is 32.1. The Balaban J connectivity index is 1.31. The summed E-state index contributed by atoms with van der Waals surface area (Å²) in [6.45, 7) is 14.1. The number of nitrogens with one attached hydrogen (secondary N) is 1. The van der Waals surface area contributed by atoms with Gasteiger partial charge < -0.3 is 10.2 Å². The second-order valence-corrected chi connectivity index (χ2v) is 12.6. The molecule has 2 heterocycles. The number of thiazole rings is 1. The average Bonchev–Trinajstić information content (AvgIpc) is 3.09. The number of piperidine rings is 1. The summed E-state index contributed by atoms with van der Waals surface area (Å²) < 4.78 is 13.2. The van der Waals surface area contributed by atoms with Crippen LogP contribution in [0.2, 0.25) is 0 Å². The van der Waals surface area contributed by atoms with Crippen LogP contribution in [0.4, 0.5) is 4.39 Å². The molecule has 1 aromatic carbocycles. The summed E-state index contributed by atoms with van der Waals surface area (Å²) in [7, 11) is 0. The Morgan fingerprint density at radius 2 is 1.71 bits per heavy atom. The minimum absolute atomic E-state index is 0.0585. The predicted molar refractivity (Wildman–Crippen MR) is 133 cm³/mol. The van der Waals surface area contributed by atoms with Crippen molar-refractivity contribution in [1.82, 2.24) is 15.2 Å². The molecule has 2 aromatic rings. The van der Waals surface area contributed by atoms with Gasteiger partial charge in [0.15, 0.2) is 0 Å². The first-order valence-corrected chi connectivity index (χ1v) is 13.0.